The first-order valence-corrected chi connectivity index (χ1v) is 7.58. The van der Waals surface area contributed by atoms with Gasteiger partial charge in [0.2, 0.25) is 11.8 Å². The lowest BCUT2D eigenvalue weighted by molar-refractivity contribution is -0.157. The minimum Gasteiger partial charge on any atom is -0.388 e. The van der Waals surface area contributed by atoms with Crippen LogP contribution < -0.4 is 0 Å². The number of imide groups is 1. The highest BCUT2D eigenvalue weighted by atomic mass is 16.3. The number of rotatable bonds is 2. The minimum absolute atomic E-state index is 0.0387. The fraction of sp³-hybridized carbons (Fsp3) is 0.867. The van der Waals surface area contributed by atoms with Gasteiger partial charge in [0.25, 0.3) is 0 Å². The third kappa shape index (κ3) is 2.42. The van der Waals surface area contributed by atoms with Crippen LogP contribution in [0.15, 0.2) is 0 Å². The fourth-order valence-electron chi connectivity index (χ4n) is 4.17. The number of hydrogen-bond acceptors (Lipinski definition) is 3. The second-order valence-corrected chi connectivity index (χ2v) is 6.87. The van der Waals surface area contributed by atoms with Gasteiger partial charge in [-0.1, -0.05) is 25.7 Å². The Morgan fingerprint density at radius 1 is 0.895 bits per heavy atom. The van der Waals surface area contributed by atoms with Gasteiger partial charge in [-0.3, -0.25) is 14.5 Å². The summed E-state index contributed by atoms with van der Waals surface area (Å²) in [7, 11) is 0. The zero-order valence-corrected chi connectivity index (χ0v) is 11.5. The molecule has 1 N–H and O–H groups in total. The molecule has 2 saturated carbocycles. The highest BCUT2D eigenvalue weighted by Crippen LogP contribution is 2.47. The zero-order chi connectivity index (χ0) is 13.5. The van der Waals surface area contributed by atoms with E-state index in [1.54, 1.807) is 0 Å². The number of carbonyl (C=O) groups excluding carboxylic acids is 2. The van der Waals surface area contributed by atoms with Crippen LogP contribution in [0, 0.1) is 5.41 Å². The van der Waals surface area contributed by atoms with Crippen molar-refractivity contribution in [3.63, 3.8) is 0 Å². The summed E-state index contributed by atoms with van der Waals surface area (Å²) in [6, 6.07) is 0. The van der Waals surface area contributed by atoms with Crippen LogP contribution in [-0.4, -0.2) is 34.0 Å². The molecule has 106 valence electrons. The molecule has 2 amide bonds. The molecule has 1 saturated heterocycles. The van der Waals surface area contributed by atoms with Gasteiger partial charge in [0.15, 0.2) is 0 Å². The highest BCUT2D eigenvalue weighted by molar-refractivity contribution is 5.98. The second-order valence-electron chi connectivity index (χ2n) is 6.87. The number of β-amino-alcohol motifs (C(OH)–C–C–N with tert-alkyl or cyclic N) is 1. The molecule has 0 aromatic carbocycles. The third-order valence-electron chi connectivity index (χ3n) is 5.31. The number of hydrogen-bond donors (Lipinski definition) is 1. The lowest BCUT2D eigenvalue weighted by atomic mass is 9.76. The SMILES string of the molecule is O=C1CC2(CCCC2)CC(=O)N1CC1(O)CCCC1. The molecule has 3 fully saturated rings. The Bertz CT molecular complexity index is 372. The molecular formula is C15H23NO3. The first kappa shape index (κ1) is 13.1. The Hall–Kier alpha value is -0.900. The van der Waals surface area contributed by atoms with Crippen LogP contribution in [0.1, 0.15) is 64.2 Å². The fourth-order valence-corrected chi connectivity index (χ4v) is 4.17. The Balaban J connectivity index is 1.70. The molecular weight excluding hydrogens is 242 g/mol. The molecule has 0 unspecified atom stereocenters. The van der Waals surface area contributed by atoms with E-state index >= 15 is 0 Å². The molecule has 3 rings (SSSR count). The molecule has 0 atom stereocenters. The van der Waals surface area contributed by atoms with Crippen molar-refractivity contribution in [1.82, 2.24) is 4.90 Å². The Kier molecular flexibility index (Phi) is 3.16. The van der Waals surface area contributed by atoms with E-state index < -0.39 is 5.60 Å². The van der Waals surface area contributed by atoms with E-state index in [2.05, 4.69) is 0 Å². The minimum atomic E-state index is -0.814. The Morgan fingerprint density at radius 3 is 1.89 bits per heavy atom. The van der Waals surface area contributed by atoms with Crippen LogP contribution in [0.4, 0.5) is 0 Å². The first-order chi connectivity index (χ1) is 9.02. The van der Waals surface area contributed by atoms with E-state index in [0.717, 1.165) is 51.4 Å². The molecule has 1 aliphatic heterocycles. The molecule has 0 aromatic heterocycles. The van der Waals surface area contributed by atoms with Crippen molar-refractivity contribution in [2.45, 2.75) is 69.8 Å². The molecule has 3 aliphatic rings. The maximum Gasteiger partial charge on any atom is 0.229 e. The van der Waals surface area contributed by atoms with Crippen molar-refractivity contribution < 1.29 is 14.7 Å². The maximum absolute atomic E-state index is 12.3. The topological polar surface area (TPSA) is 57.6 Å². The van der Waals surface area contributed by atoms with Gasteiger partial charge in [0.05, 0.1) is 12.1 Å². The summed E-state index contributed by atoms with van der Waals surface area (Å²) in [5.74, 6) is -0.114. The number of nitrogens with zero attached hydrogens (tertiary/aromatic N) is 1. The number of piperidine rings is 1. The molecule has 0 aromatic rings. The summed E-state index contributed by atoms with van der Waals surface area (Å²) < 4.78 is 0. The molecule has 2 aliphatic carbocycles. The Morgan fingerprint density at radius 2 is 1.37 bits per heavy atom. The number of aliphatic hydroxyl groups is 1. The van der Waals surface area contributed by atoms with E-state index in [1.165, 1.54) is 4.90 Å². The van der Waals surface area contributed by atoms with Gasteiger partial charge in [-0.15, -0.1) is 0 Å². The predicted molar refractivity (Wildman–Crippen MR) is 70.3 cm³/mol. The van der Waals surface area contributed by atoms with Crippen LogP contribution in [0.3, 0.4) is 0 Å². The number of likely N-dealkylation sites (tertiary alicyclic amines) is 1. The molecule has 0 bridgehead atoms. The van der Waals surface area contributed by atoms with Crippen molar-refractivity contribution in [2.75, 3.05) is 6.54 Å². The highest BCUT2D eigenvalue weighted by Gasteiger charge is 2.47. The van der Waals surface area contributed by atoms with Crippen molar-refractivity contribution in [2.24, 2.45) is 5.41 Å². The summed E-state index contributed by atoms with van der Waals surface area (Å²) in [6.45, 7) is 0.223. The van der Waals surface area contributed by atoms with Gasteiger partial charge in [-0.25, -0.2) is 0 Å². The average Bonchev–Trinajstić information content (AvgIpc) is 2.95. The average molecular weight is 265 g/mol. The lowest BCUT2D eigenvalue weighted by Gasteiger charge is -2.39. The molecule has 1 heterocycles. The normalized spacial score (nSPS) is 29.4. The van der Waals surface area contributed by atoms with Crippen LogP contribution in [-0.2, 0) is 9.59 Å². The summed E-state index contributed by atoms with van der Waals surface area (Å²) in [5.41, 5.74) is -0.853. The summed E-state index contributed by atoms with van der Waals surface area (Å²) in [6.07, 6.45) is 8.77. The predicted octanol–water partition coefficient (Wildman–Crippen LogP) is 2.00. The van der Waals surface area contributed by atoms with Crippen molar-refractivity contribution in [3.8, 4) is 0 Å². The van der Waals surface area contributed by atoms with Crippen LogP contribution in [0.25, 0.3) is 0 Å². The molecule has 0 radical (unpaired) electrons. The van der Waals surface area contributed by atoms with Crippen LogP contribution in [0.5, 0.6) is 0 Å². The monoisotopic (exact) mass is 265 g/mol. The van der Waals surface area contributed by atoms with Crippen molar-refractivity contribution in [1.29, 1.82) is 0 Å². The van der Waals surface area contributed by atoms with E-state index in [0.29, 0.717) is 12.8 Å². The van der Waals surface area contributed by atoms with E-state index in [4.69, 9.17) is 0 Å². The molecule has 19 heavy (non-hydrogen) atoms. The second kappa shape index (κ2) is 4.58. The molecule has 4 heteroatoms. The summed E-state index contributed by atoms with van der Waals surface area (Å²) in [5, 5.41) is 10.4. The standard InChI is InChI=1S/C15H23NO3/c17-12-9-14(5-1-2-6-14)10-13(18)16(12)11-15(19)7-3-4-8-15/h19H,1-11H2. The van der Waals surface area contributed by atoms with Crippen molar-refractivity contribution >= 4 is 11.8 Å². The van der Waals surface area contributed by atoms with E-state index in [9.17, 15) is 14.7 Å². The lowest BCUT2D eigenvalue weighted by Crippen LogP contribution is -2.52. The summed E-state index contributed by atoms with van der Waals surface area (Å²) >= 11 is 0. The number of carbonyl (C=O) groups is 2. The Labute approximate surface area is 114 Å². The van der Waals surface area contributed by atoms with Gasteiger partial charge in [0.1, 0.15) is 0 Å². The van der Waals surface area contributed by atoms with Gasteiger partial charge < -0.3 is 5.11 Å². The van der Waals surface area contributed by atoms with Gasteiger partial charge in [-0.05, 0) is 31.1 Å². The number of amides is 2. The molecule has 4 nitrogen and oxygen atoms in total. The smallest absolute Gasteiger partial charge is 0.229 e. The quantitative estimate of drug-likeness (QED) is 0.777. The van der Waals surface area contributed by atoms with Gasteiger partial charge in [0, 0.05) is 12.8 Å². The van der Waals surface area contributed by atoms with Gasteiger partial charge in [-0.2, -0.15) is 0 Å². The largest absolute Gasteiger partial charge is 0.388 e. The van der Waals surface area contributed by atoms with E-state index in [-0.39, 0.29) is 23.8 Å². The van der Waals surface area contributed by atoms with Crippen LogP contribution >= 0.6 is 0 Å². The zero-order valence-electron chi connectivity index (χ0n) is 11.5. The van der Waals surface area contributed by atoms with Gasteiger partial charge >= 0.3 is 0 Å². The first-order valence-electron chi connectivity index (χ1n) is 7.58. The molecule has 1 spiro atoms. The summed E-state index contributed by atoms with van der Waals surface area (Å²) in [4.78, 5) is 25.9. The van der Waals surface area contributed by atoms with E-state index in [1.807, 2.05) is 0 Å². The third-order valence-corrected chi connectivity index (χ3v) is 5.31. The van der Waals surface area contributed by atoms with Crippen LogP contribution in [0.2, 0.25) is 0 Å². The maximum atomic E-state index is 12.3. The van der Waals surface area contributed by atoms with Crippen molar-refractivity contribution in [3.05, 3.63) is 0 Å².